The minimum atomic E-state index is -4.42. The molecule has 8 heteroatoms. The third-order valence-electron chi connectivity index (χ3n) is 3.57. The molecule has 0 saturated heterocycles. The molecule has 0 spiro atoms. The van der Waals surface area contributed by atoms with Crippen molar-refractivity contribution in [2.75, 3.05) is 5.32 Å². The molecule has 3 rings (SSSR count). The highest BCUT2D eigenvalue weighted by Crippen LogP contribution is 2.31. The number of hydrogen-bond acceptors (Lipinski definition) is 4. The first kappa shape index (κ1) is 19.1. The van der Waals surface area contributed by atoms with Crippen molar-refractivity contribution in [2.45, 2.75) is 6.18 Å². The van der Waals surface area contributed by atoms with Gasteiger partial charge in [0, 0.05) is 27.3 Å². The van der Waals surface area contributed by atoms with Crippen LogP contribution >= 0.6 is 27.3 Å². The van der Waals surface area contributed by atoms with Gasteiger partial charge in [0.2, 0.25) is 0 Å². The van der Waals surface area contributed by atoms with Crippen molar-refractivity contribution in [1.29, 1.82) is 5.26 Å². The zero-order valence-electron chi connectivity index (χ0n) is 13.6. The Kier molecular flexibility index (Phi) is 5.63. The maximum Gasteiger partial charge on any atom is 0.416 e. The molecule has 1 heterocycles. The molecule has 27 heavy (non-hydrogen) atoms. The lowest BCUT2D eigenvalue weighted by molar-refractivity contribution is -0.137. The molecule has 0 amide bonds. The summed E-state index contributed by atoms with van der Waals surface area (Å²) in [6.45, 7) is 0. The fraction of sp³-hybridized carbons (Fsp3) is 0.0526. The van der Waals surface area contributed by atoms with Crippen LogP contribution in [0.4, 0.5) is 18.9 Å². The molecular formula is C19H11BrF3N3S. The van der Waals surface area contributed by atoms with Crippen LogP contribution < -0.4 is 5.32 Å². The number of aromatic nitrogens is 1. The summed E-state index contributed by atoms with van der Waals surface area (Å²) in [6.07, 6.45) is -3.06. The lowest BCUT2D eigenvalue weighted by atomic mass is 10.2. The van der Waals surface area contributed by atoms with Gasteiger partial charge < -0.3 is 5.32 Å². The zero-order chi connectivity index (χ0) is 19.4. The normalized spacial score (nSPS) is 11.9. The minimum Gasteiger partial charge on any atom is -0.360 e. The van der Waals surface area contributed by atoms with E-state index in [9.17, 15) is 18.4 Å². The number of benzene rings is 2. The lowest BCUT2D eigenvalue weighted by Gasteiger charge is -2.08. The van der Waals surface area contributed by atoms with Crippen molar-refractivity contribution in [2.24, 2.45) is 0 Å². The summed E-state index contributed by atoms with van der Waals surface area (Å²) in [5.74, 6) is 0. The van der Waals surface area contributed by atoms with Crippen molar-refractivity contribution in [3.63, 3.8) is 0 Å². The Hall–Kier alpha value is -2.63. The minimum absolute atomic E-state index is 0.237. The second kappa shape index (κ2) is 7.94. The molecule has 3 nitrogen and oxygen atoms in total. The third-order valence-corrected chi connectivity index (χ3v) is 4.97. The molecule has 1 aromatic heterocycles. The summed E-state index contributed by atoms with van der Waals surface area (Å²) in [7, 11) is 0. The molecule has 2 aromatic carbocycles. The van der Waals surface area contributed by atoms with Gasteiger partial charge in [-0.1, -0.05) is 34.1 Å². The number of thiazole rings is 1. The first-order valence-electron chi connectivity index (χ1n) is 7.63. The number of nitrogens with one attached hydrogen (secondary N) is 1. The molecule has 0 atom stereocenters. The standard InChI is InChI=1S/C19H11BrF3N3S/c20-15-6-4-12(5-7-15)17-11-27-18(26-17)13(9-24)10-25-16-3-1-2-14(8-16)19(21,22)23/h1-8,10-11,25H/b13-10-. The van der Waals surface area contributed by atoms with E-state index in [2.05, 4.69) is 26.2 Å². The van der Waals surface area contributed by atoms with Gasteiger partial charge in [0.15, 0.2) is 0 Å². The van der Waals surface area contributed by atoms with E-state index in [1.54, 1.807) is 0 Å². The fourth-order valence-corrected chi connectivity index (χ4v) is 3.29. The summed E-state index contributed by atoms with van der Waals surface area (Å²) in [5.41, 5.74) is 1.35. The second-order valence-electron chi connectivity index (χ2n) is 5.44. The van der Waals surface area contributed by atoms with Crippen LogP contribution in [0.25, 0.3) is 16.8 Å². The predicted molar refractivity (Wildman–Crippen MR) is 104 cm³/mol. The van der Waals surface area contributed by atoms with Crippen molar-refractivity contribution in [3.05, 3.63) is 75.2 Å². The molecule has 0 aliphatic heterocycles. The van der Waals surface area contributed by atoms with Gasteiger partial charge in [-0.25, -0.2) is 4.98 Å². The Morgan fingerprint density at radius 1 is 1.19 bits per heavy atom. The van der Waals surface area contributed by atoms with Gasteiger partial charge in [-0.2, -0.15) is 18.4 Å². The van der Waals surface area contributed by atoms with Gasteiger partial charge in [-0.05, 0) is 30.3 Å². The molecular weight excluding hydrogens is 439 g/mol. The Balaban J connectivity index is 1.82. The Bertz CT molecular complexity index is 1020. The highest BCUT2D eigenvalue weighted by Gasteiger charge is 2.30. The zero-order valence-corrected chi connectivity index (χ0v) is 16.0. The molecule has 136 valence electrons. The van der Waals surface area contributed by atoms with Crippen LogP contribution in [0, 0.1) is 11.3 Å². The molecule has 0 radical (unpaired) electrons. The number of allylic oxidation sites excluding steroid dienone is 1. The molecule has 1 N–H and O–H groups in total. The van der Waals surface area contributed by atoms with Gasteiger partial charge in [0.05, 0.1) is 11.3 Å². The topological polar surface area (TPSA) is 48.7 Å². The van der Waals surface area contributed by atoms with E-state index in [-0.39, 0.29) is 11.3 Å². The summed E-state index contributed by atoms with van der Waals surface area (Å²) >= 11 is 4.66. The van der Waals surface area contributed by atoms with Crippen LogP contribution in [0.2, 0.25) is 0 Å². The molecule has 0 fully saturated rings. The SMILES string of the molecule is N#C/C(=C/Nc1cccc(C(F)(F)F)c1)c1nc(-c2ccc(Br)cc2)cs1. The first-order chi connectivity index (χ1) is 12.9. The van der Waals surface area contributed by atoms with Crippen molar-refractivity contribution in [1.82, 2.24) is 4.98 Å². The molecule has 0 unspecified atom stereocenters. The maximum atomic E-state index is 12.8. The lowest BCUT2D eigenvalue weighted by Crippen LogP contribution is -2.05. The highest BCUT2D eigenvalue weighted by atomic mass is 79.9. The quantitative estimate of drug-likeness (QED) is 0.458. The second-order valence-corrected chi connectivity index (χ2v) is 7.21. The third kappa shape index (κ3) is 4.76. The van der Waals surface area contributed by atoms with Gasteiger partial charge in [0.1, 0.15) is 16.6 Å². The first-order valence-corrected chi connectivity index (χ1v) is 9.30. The van der Waals surface area contributed by atoms with Gasteiger partial charge in [-0.15, -0.1) is 11.3 Å². The van der Waals surface area contributed by atoms with Crippen LogP contribution in [0.5, 0.6) is 0 Å². The molecule has 0 aliphatic rings. The molecule has 3 aromatic rings. The van der Waals surface area contributed by atoms with E-state index in [0.29, 0.717) is 5.01 Å². The van der Waals surface area contributed by atoms with Gasteiger partial charge in [-0.3, -0.25) is 0 Å². The van der Waals surface area contributed by atoms with Crippen molar-refractivity contribution in [3.8, 4) is 17.3 Å². The molecule has 0 saturated carbocycles. The van der Waals surface area contributed by atoms with Crippen LogP contribution in [0.1, 0.15) is 10.6 Å². The van der Waals surface area contributed by atoms with Crippen LogP contribution in [-0.2, 0) is 6.18 Å². The van der Waals surface area contributed by atoms with E-state index in [1.165, 1.54) is 29.7 Å². The van der Waals surface area contributed by atoms with E-state index in [1.807, 2.05) is 35.7 Å². The smallest absolute Gasteiger partial charge is 0.360 e. The summed E-state index contributed by atoms with van der Waals surface area (Å²) in [5, 5.41) is 14.4. The maximum absolute atomic E-state index is 12.8. The summed E-state index contributed by atoms with van der Waals surface area (Å²) in [6, 6.07) is 14.4. The number of anilines is 1. The Morgan fingerprint density at radius 3 is 2.59 bits per heavy atom. The number of rotatable bonds is 4. The number of nitrogens with zero attached hydrogens (tertiary/aromatic N) is 2. The number of alkyl halides is 3. The monoisotopic (exact) mass is 449 g/mol. The van der Waals surface area contributed by atoms with Crippen LogP contribution in [0.15, 0.2) is 64.6 Å². The molecule has 0 bridgehead atoms. The van der Waals surface area contributed by atoms with Crippen molar-refractivity contribution >= 4 is 38.5 Å². The predicted octanol–water partition coefficient (Wildman–Crippen LogP) is 6.57. The average molecular weight is 450 g/mol. The Morgan fingerprint density at radius 2 is 1.93 bits per heavy atom. The van der Waals surface area contributed by atoms with E-state index >= 15 is 0 Å². The van der Waals surface area contributed by atoms with E-state index in [4.69, 9.17) is 0 Å². The van der Waals surface area contributed by atoms with Gasteiger partial charge >= 0.3 is 6.18 Å². The number of halogens is 4. The van der Waals surface area contributed by atoms with E-state index in [0.717, 1.165) is 27.9 Å². The average Bonchev–Trinajstić information content (AvgIpc) is 3.12. The number of hydrogen-bond donors (Lipinski definition) is 1. The molecule has 0 aliphatic carbocycles. The van der Waals surface area contributed by atoms with Crippen LogP contribution in [-0.4, -0.2) is 4.98 Å². The van der Waals surface area contributed by atoms with Crippen LogP contribution in [0.3, 0.4) is 0 Å². The largest absolute Gasteiger partial charge is 0.416 e. The summed E-state index contributed by atoms with van der Waals surface area (Å²) < 4.78 is 39.3. The van der Waals surface area contributed by atoms with Gasteiger partial charge in [0.25, 0.3) is 0 Å². The number of nitriles is 1. The Labute approximate surface area is 165 Å². The summed E-state index contributed by atoms with van der Waals surface area (Å²) in [4.78, 5) is 4.44. The highest BCUT2D eigenvalue weighted by molar-refractivity contribution is 9.10. The van der Waals surface area contributed by atoms with E-state index < -0.39 is 11.7 Å². The fourth-order valence-electron chi connectivity index (χ4n) is 2.23. The van der Waals surface area contributed by atoms with Crippen molar-refractivity contribution < 1.29 is 13.2 Å².